The van der Waals surface area contributed by atoms with Gasteiger partial charge in [0.05, 0.1) is 23.6 Å². The first kappa shape index (κ1) is 17.1. The molecule has 29 heavy (non-hydrogen) atoms. The van der Waals surface area contributed by atoms with Crippen LogP contribution < -0.4 is 9.95 Å². The normalized spacial score (nSPS) is 11.2. The van der Waals surface area contributed by atoms with Crippen LogP contribution in [0.15, 0.2) is 61.1 Å². The zero-order chi connectivity index (χ0) is 20.0. The summed E-state index contributed by atoms with van der Waals surface area (Å²) >= 11 is 0. The molecule has 3 N–H and O–H groups in total. The van der Waals surface area contributed by atoms with E-state index in [2.05, 4.69) is 25.5 Å². The second-order valence-electron chi connectivity index (χ2n) is 7.07. The van der Waals surface area contributed by atoms with Crippen LogP contribution in [-0.4, -0.2) is 26.1 Å². The number of pyridine rings is 1. The largest absolute Gasteiger partial charge is 0.339 e. The van der Waals surface area contributed by atoms with E-state index in [4.69, 9.17) is 0 Å². The molecule has 7 heteroatoms. The van der Waals surface area contributed by atoms with Crippen LogP contribution in [-0.2, 0) is 0 Å². The first-order valence-corrected chi connectivity index (χ1v) is 9.31. The molecule has 5 rings (SSSR count). The van der Waals surface area contributed by atoms with Crippen LogP contribution in [0.25, 0.3) is 27.8 Å². The molecule has 4 aromatic heterocycles. The van der Waals surface area contributed by atoms with E-state index < -0.39 is 0 Å². The number of aromatic amines is 2. The highest BCUT2D eigenvalue weighted by molar-refractivity contribution is 6.06. The average Bonchev–Trinajstić information content (AvgIpc) is 3.32. The van der Waals surface area contributed by atoms with E-state index in [0.717, 1.165) is 38.9 Å². The average molecular weight is 383 g/mol. The molecular weight excluding hydrogens is 364 g/mol. The Hall–Kier alpha value is -4.00. The second kappa shape index (κ2) is 6.56. The molecule has 1 aromatic carbocycles. The summed E-state index contributed by atoms with van der Waals surface area (Å²) in [6.07, 6.45) is 5.09. The van der Waals surface area contributed by atoms with E-state index >= 15 is 0 Å². The molecule has 0 aliphatic carbocycles. The quantitative estimate of drug-likeness (QED) is 0.416. The Balaban J connectivity index is 1.46. The third-order valence-corrected chi connectivity index (χ3v) is 5.11. The maximum absolute atomic E-state index is 12.9. The van der Waals surface area contributed by atoms with Gasteiger partial charge in [0.2, 0.25) is 0 Å². The predicted molar refractivity (Wildman–Crippen MR) is 111 cm³/mol. The summed E-state index contributed by atoms with van der Waals surface area (Å²) in [7, 11) is 0. The van der Waals surface area contributed by atoms with Crippen molar-refractivity contribution in [3.05, 3.63) is 77.7 Å². The van der Waals surface area contributed by atoms with Crippen molar-refractivity contribution in [3.8, 4) is 11.3 Å². The molecule has 0 bridgehead atoms. The number of rotatable bonds is 3. The molecule has 0 atom stereocenters. The van der Waals surface area contributed by atoms with Crippen LogP contribution in [0.4, 0.5) is 5.69 Å². The van der Waals surface area contributed by atoms with Gasteiger partial charge in [-0.05, 0) is 31.5 Å². The topological polar surface area (TPSA) is 90.6 Å². The number of carbonyl (C=O) groups is 1. The highest BCUT2D eigenvalue weighted by Gasteiger charge is 2.21. The first-order valence-electron chi connectivity index (χ1n) is 9.31. The van der Waals surface area contributed by atoms with Crippen LogP contribution in [0.2, 0.25) is 0 Å². The van der Waals surface area contributed by atoms with Crippen molar-refractivity contribution >= 4 is 28.1 Å². The van der Waals surface area contributed by atoms with Crippen LogP contribution >= 0.6 is 0 Å². The zero-order valence-corrected chi connectivity index (χ0v) is 16.0. The Bertz CT molecular complexity index is 1370. The summed E-state index contributed by atoms with van der Waals surface area (Å²) in [4.78, 5) is 20.6. The lowest BCUT2D eigenvalue weighted by atomic mass is 10.1. The van der Waals surface area contributed by atoms with Gasteiger partial charge in [-0.3, -0.25) is 4.79 Å². The fourth-order valence-electron chi connectivity index (χ4n) is 3.63. The number of anilines is 1. The molecule has 0 saturated heterocycles. The van der Waals surface area contributed by atoms with E-state index in [9.17, 15) is 4.79 Å². The van der Waals surface area contributed by atoms with Crippen LogP contribution in [0.5, 0.6) is 0 Å². The smallest absolute Gasteiger partial charge is 0.274 e. The number of amides is 1. The minimum Gasteiger partial charge on any atom is -0.339 e. The summed E-state index contributed by atoms with van der Waals surface area (Å²) in [6.45, 7) is 3.91. The van der Waals surface area contributed by atoms with Crippen molar-refractivity contribution in [3.63, 3.8) is 0 Å². The van der Waals surface area contributed by atoms with Gasteiger partial charge in [-0.2, -0.15) is 0 Å². The molecule has 0 spiro atoms. The van der Waals surface area contributed by atoms with Crippen molar-refractivity contribution in [2.24, 2.45) is 0 Å². The fourth-order valence-corrected chi connectivity index (χ4v) is 3.63. The van der Waals surface area contributed by atoms with E-state index in [0.29, 0.717) is 11.3 Å². The number of nitrogens with one attached hydrogen (secondary N) is 3. The maximum atomic E-state index is 12.9. The number of hydrogen-bond donors (Lipinski definition) is 3. The Kier molecular flexibility index (Phi) is 3.87. The number of hydrogen-bond acceptors (Lipinski definition) is 3. The summed E-state index contributed by atoms with van der Waals surface area (Å²) < 4.78 is 1.67. The van der Waals surface area contributed by atoms with Crippen molar-refractivity contribution in [1.29, 1.82) is 0 Å². The highest BCUT2D eigenvalue weighted by Crippen LogP contribution is 2.25. The number of carbonyl (C=O) groups excluding carboxylic acids is 1. The molecular formula is C22H19N6O+. The molecule has 0 aliphatic heterocycles. The Morgan fingerprint density at radius 1 is 1.10 bits per heavy atom. The molecule has 0 saturated carbocycles. The van der Waals surface area contributed by atoms with Crippen LogP contribution in [0.3, 0.4) is 0 Å². The third kappa shape index (κ3) is 2.93. The Morgan fingerprint density at radius 2 is 1.93 bits per heavy atom. The number of nitrogens with zero attached hydrogens (tertiary/aromatic N) is 3. The van der Waals surface area contributed by atoms with Gasteiger partial charge in [0.15, 0.2) is 0 Å². The molecule has 1 amide bonds. The van der Waals surface area contributed by atoms with Gasteiger partial charge in [0.25, 0.3) is 11.4 Å². The van der Waals surface area contributed by atoms with Gasteiger partial charge in [-0.15, -0.1) is 5.10 Å². The van der Waals surface area contributed by atoms with Gasteiger partial charge in [0, 0.05) is 31.9 Å². The summed E-state index contributed by atoms with van der Waals surface area (Å²) in [5, 5.41) is 11.2. The molecule has 4 heterocycles. The van der Waals surface area contributed by atoms with Gasteiger partial charge in [-0.25, -0.2) is 4.98 Å². The van der Waals surface area contributed by atoms with Gasteiger partial charge in [-0.1, -0.05) is 30.3 Å². The lowest BCUT2D eigenvalue weighted by molar-refractivity contribution is -0.640. The third-order valence-electron chi connectivity index (χ3n) is 5.11. The molecule has 0 aliphatic rings. The van der Waals surface area contributed by atoms with E-state index in [1.807, 2.05) is 62.5 Å². The fraction of sp³-hybridized carbons (Fsp3) is 0.0909. The number of benzene rings is 1. The Labute approximate surface area is 166 Å². The van der Waals surface area contributed by atoms with Crippen molar-refractivity contribution < 1.29 is 9.42 Å². The lowest BCUT2D eigenvalue weighted by Gasteiger charge is -2.06. The lowest BCUT2D eigenvalue weighted by Crippen LogP contribution is -2.30. The van der Waals surface area contributed by atoms with Gasteiger partial charge in [0.1, 0.15) is 11.8 Å². The van der Waals surface area contributed by atoms with Gasteiger partial charge >= 0.3 is 0 Å². The molecule has 0 fully saturated rings. The maximum Gasteiger partial charge on any atom is 0.274 e. The minimum absolute atomic E-state index is 0.210. The molecule has 142 valence electrons. The number of aryl methyl sites for hydroxylation is 2. The molecule has 5 aromatic rings. The summed E-state index contributed by atoms with van der Waals surface area (Å²) in [5.74, 6) is -0.210. The molecule has 7 nitrogen and oxygen atoms in total. The highest BCUT2D eigenvalue weighted by atomic mass is 16.1. The standard InChI is InChI=1S/C22H18N6O/c1-13-10-24-28-20(13)14(2)18(12-25-28)22(29)26-17-8-16-9-19(27-21(16)23-11-17)15-6-4-3-5-7-15/h3-12H,1-2H3,(H2,23,24,25,26,27,29)/p+1. The van der Waals surface area contributed by atoms with E-state index in [1.165, 1.54) is 0 Å². The second-order valence-corrected chi connectivity index (χ2v) is 7.07. The van der Waals surface area contributed by atoms with Crippen LogP contribution in [0.1, 0.15) is 21.5 Å². The number of fused-ring (bicyclic) bond motifs is 2. The van der Waals surface area contributed by atoms with Crippen molar-refractivity contribution in [1.82, 2.24) is 20.2 Å². The summed E-state index contributed by atoms with van der Waals surface area (Å²) in [6, 6.07) is 14.0. The van der Waals surface area contributed by atoms with Crippen LogP contribution in [0, 0.1) is 13.8 Å². The first-order chi connectivity index (χ1) is 14.1. The van der Waals surface area contributed by atoms with Gasteiger partial charge < -0.3 is 10.3 Å². The number of aromatic nitrogens is 5. The molecule has 0 radical (unpaired) electrons. The number of H-pyrrole nitrogens is 2. The Morgan fingerprint density at radius 3 is 2.76 bits per heavy atom. The predicted octanol–water partition coefficient (Wildman–Crippen LogP) is 3.56. The monoisotopic (exact) mass is 383 g/mol. The van der Waals surface area contributed by atoms with E-state index in [-0.39, 0.29) is 5.91 Å². The summed E-state index contributed by atoms with van der Waals surface area (Å²) in [5.41, 5.74) is 6.84. The zero-order valence-electron chi connectivity index (χ0n) is 16.0. The van der Waals surface area contributed by atoms with Crippen molar-refractivity contribution in [2.45, 2.75) is 13.8 Å². The van der Waals surface area contributed by atoms with E-state index in [1.54, 1.807) is 17.0 Å². The van der Waals surface area contributed by atoms with Crippen molar-refractivity contribution in [2.75, 3.05) is 5.32 Å². The minimum atomic E-state index is -0.210. The SMILES string of the molecule is Cc1c[nH][n+]2ncc(C(=O)Nc3cnc4[nH]c(-c5ccccc5)cc4c3)c(C)c12. The molecule has 0 unspecified atom stereocenters.